The van der Waals surface area contributed by atoms with Gasteiger partial charge in [-0.15, -0.1) is 0 Å². The van der Waals surface area contributed by atoms with Crippen LogP contribution in [0.3, 0.4) is 0 Å². The van der Waals surface area contributed by atoms with Gasteiger partial charge in [-0.3, -0.25) is 4.79 Å². The highest BCUT2D eigenvalue weighted by atomic mass is 16.6. The molecule has 6 nitrogen and oxygen atoms in total. The van der Waals surface area contributed by atoms with Gasteiger partial charge in [-0.2, -0.15) is 0 Å². The molecule has 3 rings (SSSR count). The molecule has 32 heavy (non-hydrogen) atoms. The predicted molar refractivity (Wildman–Crippen MR) is 124 cm³/mol. The van der Waals surface area contributed by atoms with Crippen LogP contribution in [0.25, 0.3) is 11.1 Å². The molecule has 1 aliphatic rings. The second-order valence-corrected chi connectivity index (χ2v) is 8.02. The summed E-state index contributed by atoms with van der Waals surface area (Å²) in [6.07, 6.45) is 3.05. The molecular formula is C26H33NO5. The van der Waals surface area contributed by atoms with E-state index in [4.69, 9.17) is 14.2 Å². The van der Waals surface area contributed by atoms with Crippen molar-refractivity contribution in [2.75, 3.05) is 40.0 Å². The number of ether oxygens (including phenoxy) is 3. The zero-order chi connectivity index (χ0) is 22.8. The number of fused-ring (bicyclic) bond motifs is 3. The molecular weight excluding hydrogens is 406 g/mol. The van der Waals surface area contributed by atoms with Crippen molar-refractivity contribution in [1.29, 1.82) is 0 Å². The molecule has 0 unspecified atom stereocenters. The Bertz CT molecular complexity index is 852. The van der Waals surface area contributed by atoms with Crippen LogP contribution in [0.2, 0.25) is 0 Å². The molecule has 172 valence electrons. The van der Waals surface area contributed by atoms with E-state index in [1.165, 1.54) is 27.2 Å². The van der Waals surface area contributed by atoms with Crippen LogP contribution in [0.15, 0.2) is 48.5 Å². The largest absolute Gasteiger partial charge is 0.463 e. The smallest absolute Gasteiger partial charge is 0.409 e. The Kier molecular flexibility index (Phi) is 9.11. The maximum Gasteiger partial charge on any atom is 0.409 e. The van der Waals surface area contributed by atoms with Crippen molar-refractivity contribution >= 4 is 12.1 Å². The number of carbonyl (C=O) groups excluding carboxylic acids is 2. The second-order valence-electron chi connectivity index (χ2n) is 8.02. The average molecular weight is 440 g/mol. The maximum atomic E-state index is 12.4. The van der Waals surface area contributed by atoms with Crippen LogP contribution >= 0.6 is 0 Å². The number of amides is 1. The third-order valence-electron chi connectivity index (χ3n) is 5.69. The Hall–Kier alpha value is -2.86. The standard InChI is InChI=1S/C26H33NO5/c1-3-4-5-14-25(28)31-18-17-30-16-15-27(2)26(29)32-19-24-22-12-8-6-10-20(22)21-11-7-9-13-23(21)24/h6-13,24H,3-5,14-19H2,1-2H3. The van der Waals surface area contributed by atoms with E-state index in [1.54, 1.807) is 7.05 Å². The Morgan fingerprint density at radius 2 is 1.53 bits per heavy atom. The number of hydrogen-bond donors (Lipinski definition) is 0. The number of rotatable bonds is 12. The van der Waals surface area contributed by atoms with Gasteiger partial charge >= 0.3 is 12.1 Å². The lowest BCUT2D eigenvalue weighted by molar-refractivity contribution is -0.145. The van der Waals surface area contributed by atoms with Gasteiger partial charge in [0.1, 0.15) is 13.2 Å². The summed E-state index contributed by atoms with van der Waals surface area (Å²) in [4.78, 5) is 25.5. The number of unbranched alkanes of at least 4 members (excludes halogenated alkanes) is 2. The first-order valence-electron chi connectivity index (χ1n) is 11.4. The minimum absolute atomic E-state index is 0.0445. The Balaban J connectivity index is 1.36. The molecule has 1 aliphatic carbocycles. The summed E-state index contributed by atoms with van der Waals surface area (Å²) in [5, 5.41) is 0. The van der Waals surface area contributed by atoms with Crippen molar-refractivity contribution in [2.24, 2.45) is 0 Å². The highest BCUT2D eigenvalue weighted by Gasteiger charge is 2.29. The molecule has 0 fully saturated rings. The van der Waals surface area contributed by atoms with Crippen LogP contribution in [-0.2, 0) is 19.0 Å². The van der Waals surface area contributed by atoms with Gasteiger partial charge in [-0.05, 0) is 28.7 Å². The normalized spacial score (nSPS) is 12.2. The van der Waals surface area contributed by atoms with Crippen LogP contribution in [0.1, 0.15) is 49.7 Å². The van der Waals surface area contributed by atoms with Gasteiger partial charge in [-0.1, -0.05) is 68.3 Å². The molecule has 0 heterocycles. The van der Waals surface area contributed by atoms with Crippen molar-refractivity contribution in [3.63, 3.8) is 0 Å². The second kappa shape index (κ2) is 12.2. The summed E-state index contributed by atoms with van der Waals surface area (Å²) in [6.45, 7) is 3.71. The van der Waals surface area contributed by atoms with Gasteiger partial charge in [0.2, 0.25) is 0 Å². The first-order valence-corrected chi connectivity index (χ1v) is 11.4. The SMILES string of the molecule is CCCCCC(=O)OCCOCCN(C)C(=O)OCC1c2ccccc2-c2ccccc21. The van der Waals surface area contributed by atoms with Crippen LogP contribution in [-0.4, -0.2) is 57.0 Å². The lowest BCUT2D eigenvalue weighted by Gasteiger charge is -2.19. The van der Waals surface area contributed by atoms with Gasteiger partial charge < -0.3 is 19.1 Å². The topological polar surface area (TPSA) is 65.1 Å². The molecule has 0 atom stereocenters. The highest BCUT2D eigenvalue weighted by molar-refractivity contribution is 5.79. The molecule has 2 aromatic rings. The van der Waals surface area contributed by atoms with Crippen molar-refractivity contribution in [3.8, 4) is 11.1 Å². The third-order valence-corrected chi connectivity index (χ3v) is 5.69. The van der Waals surface area contributed by atoms with E-state index in [2.05, 4.69) is 31.2 Å². The van der Waals surface area contributed by atoms with Crippen molar-refractivity contribution < 1.29 is 23.8 Å². The van der Waals surface area contributed by atoms with E-state index in [0.29, 0.717) is 32.8 Å². The quantitative estimate of drug-likeness (QED) is 0.344. The summed E-state index contributed by atoms with van der Waals surface area (Å²) in [7, 11) is 1.69. The van der Waals surface area contributed by atoms with E-state index in [1.807, 2.05) is 24.3 Å². The highest BCUT2D eigenvalue weighted by Crippen LogP contribution is 2.44. The van der Waals surface area contributed by atoms with Crippen molar-refractivity contribution in [2.45, 2.75) is 38.5 Å². The maximum absolute atomic E-state index is 12.4. The fraction of sp³-hybridized carbons (Fsp3) is 0.462. The number of hydrogen-bond acceptors (Lipinski definition) is 5. The Morgan fingerprint density at radius 3 is 2.19 bits per heavy atom. The zero-order valence-electron chi connectivity index (χ0n) is 19.0. The van der Waals surface area contributed by atoms with Crippen molar-refractivity contribution in [3.05, 3.63) is 59.7 Å². The van der Waals surface area contributed by atoms with Crippen LogP contribution < -0.4 is 0 Å². The fourth-order valence-electron chi connectivity index (χ4n) is 3.90. The van der Waals surface area contributed by atoms with E-state index in [-0.39, 0.29) is 24.6 Å². The lowest BCUT2D eigenvalue weighted by atomic mass is 9.98. The third kappa shape index (κ3) is 6.33. The summed E-state index contributed by atoms with van der Waals surface area (Å²) >= 11 is 0. The first kappa shape index (κ1) is 23.8. The molecule has 0 saturated heterocycles. The van der Waals surface area contributed by atoms with Gasteiger partial charge in [0, 0.05) is 25.9 Å². The average Bonchev–Trinajstić information content (AvgIpc) is 3.13. The molecule has 1 amide bonds. The van der Waals surface area contributed by atoms with Gasteiger partial charge in [0.05, 0.1) is 13.2 Å². The van der Waals surface area contributed by atoms with E-state index < -0.39 is 0 Å². The van der Waals surface area contributed by atoms with E-state index in [0.717, 1.165) is 19.3 Å². The molecule has 0 aromatic heterocycles. The Labute approximate surface area is 190 Å². The van der Waals surface area contributed by atoms with E-state index in [9.17, 15) is 9.59 Å². The minimum Gasteiger partial charge on any atom is -0.463 e. The van der Waals surface area contributed by atoms with Crippen LogP contribution in [0, 0.1) is 0 Å². The van der Waals surface area contributed by atoms with E-state index >= 15 is 0 Å². The molecule has 0 N–H and O–H groups in total. The molecule has 0 radical (unpaired) electrons. The minimum atomic E-state index is -0.377. The molecule has 6 heteroatoms. The zero-order valence-corrected chi connectivity index (χ0v) is 19.0. The monoisotopic (exact) mass is 439 g/mol. The number of carbonyl (C=O) groups is 2. The predicted octanol–water partition coefficient (Wildman–Crippen LogP) is 5.01. The summed E-state index contributed by atoms with van der Waals surface area (Å²) in [5.41, 5.74) is 4.79. The molecule has 0 spiro atoms. The van der Waals surface area contributed by atoms with Gasteiger partial charge in [0.15, 0.2) is 0 Å². The summed E-state index contributed by atoms with van der Waals surface area (Å²) in [6, 6.07) is 16.5. The summed E-state index contributed by atoms with van der Waals surface area (Å²) < 4.78 is 16.2. The number of nitrogens with zero attached hydrogens (tertiary/aromatic N) is 1. The number of esters is 1. The van der Waals surface area contributed by atoms with Crippen LogP contribution in [0.4, 0.5) is 4.79 Å². The first-order chi connectivity index (χ1) is 15.6. The molecule has 0 saturated carbocycles. The van der Waals surface area contributed by atoms with Crippen molar-refractivity contribution in [1.82, 2.24) is 4.90 Å². The molecule has 2 aromatic carbocycles. The number of benzene rings is 2. The van der Waals surface area contributed by atoms with Gasteiger partial charge in [-0.25, -0.2) is 4.79 Å². The Morgan fingerprint density at radius 1 is 0.875 bits per heavy atom. The van der Waals surface area contributed by atoms with Gasteiger partial charge in [0.25, 0.3) is 0 Å². The number of likely N-dealkylation sites (N-methyl/N-ethyl adjacent to an activating group) is 1. The fourth-order valence-corrected chi connectivity index (χ4v) is 3.90. The molecule has 0 aliphatic heterocycles. The van der Waals surface area contributed by atoms with Crippen LogP contribution in [0.5, 0.6) is 0 Å². The molecule has 0 bridgehead atoms. The summed E-state index contributed by atoms with van der Waals surface area (Å²) in [5.74, 6) is -0.138. The lowest BCUT2D eigenvalue weighted by Crippen LogP contribution is -2.32.